The maximum Gasteiger partial charge on any atom is 0.407 e. The van der Waals surface area contributed by atoms with Crippen LogP contribution < -0.4 is 10.6 Å². The zero-order valence-corrected chi connectivity index (χ0v) is 26.0. The molecule has 12 nitrogen and oxygen atoms in total. The van der Waals surface area contributed by atoms with Gasteiger partial charge in [-0.2, -0.15) is 0 Å². The van der Waals surface area contributed by atoms with E-state index >= 15 is 0 Å². The minimum atomic E-state index is -3.98. The molecule has 2 heterocycles. The summed E-state index contributed by atoms with van der Waals surface area (Å²) >= 11 is 5.91. The Labute approximate surface area is 250 Å². The number of benzene rings is 1. The number of sulfone groups is 1. The van der Waals surface area contributed by atoms with Crippen LogP contribution in [0.25, 0.3) is 0 Å². The Morgan fingerprint density at radius 1 is 1.12 bits per heavy atom. The SMILES string of the molecule is CC(C)(C)OC(=O)NCC(O)C(C)(C)S(=O)(=O)C1(CN2CCn3c(cnc3C(=O)NCc3ccc(Cl)cc3)C2=O)CC1. The number of halogens is 1. The van der Waals surface area contributed by atoms with Crippen LogP contribution in [0.3, 0.4) is 0 Å². The number of aliphatic hydroxyl groups is 1. The first-order valence-corrected chi connectivity index (χ1v) is 15.6. The molecule has 0 spiro atoms. The molecule has 0 saturated heterocycles. The standard InChI is InChI=1S/C28H38ClN5O7S/c1-26(2,3)41-25(38)32-16-21(35)27(4,5)42(39,40)28(10-11-28)17-33-12-13-34-20(24(33)37)15-30-22(34)23(36)31-14-18-6-8-19(29)9-7-18/h6-9,15,21,35H,10-14,16-17H2,1-5H3,(H,31,36)(H,32,38). The summed E-state index contributed by atoms with van der Waals surface area (Å²) in [4.78, 5) is 43.9. The fraction of sp³-hybridized carbons (Fsp3) is 0.571. The zero-order valence-electron chi connectivity index (χ0n) is 24.4. The number of carbonyl (C=O) groups excluding carboxylic acids is 3. The largest absolute Gasteiger partial charge is 0.444 e. The third-order valence-corrected chi connectivity index (χ3v) is 11.3. The van der Waals surface area contributed by atoms with Crippen LogP contribution in [0.5, 0.6) is 0 Å². The lowest BCUT2D eigenvalue weighted by Crippen LogP contribution is -2.56. The minimum Gasteiger partial charge on any atom is -0.444 e. The summed E-state index contributed by atoms with van der Waals surface area (Å²) in [5, 5.41) is 16.7. The Morgan fingerprint density at radius 2 is 1.76 bits per heavy atom. The molecule has 1 atom stereocenters. The van der Waals surface area contributed by atoms with E-state index in [9.17, 15) is 27.9 Å². The molecule has 0 bridgehead atoms. The van der Waals surface area contributed by atoms with Crippen LogP contribution in [-0.2, 0) is 27.7 Å². The Morgan fingerprint density at radius 3 is 2.36 bits per heavy atom. The van der Waals surface area contributed by atoms with Crippen molar-refractivity contribution in [2.24, 2.45) is 0 Å². The first kappa shape index (κ1) is 31.8. The lowest BCUT2D eigenvalue weighted by atomic mass is 10.1. The summed E-state index contributed by atoms with van der Waals surface area (Å²) in [7, 11) is -3.98. The molecule has 1 aromatic heterocycles. The van der Waals surface area contributed by atoms with Crippen molar-refractivity contribution in [1.29, 1.82) is 0 Å². The van der Waals surface area contributed by atoms with E-state index in [1.54, 1.807) is 49.6 Å². The molecule has 2 aliphatic rings. The number of hydrogen-bond donors (Lipinski definition) is 3. The maximum absolute atomic E-state index is 13.9. The number of alkyl carbamates (subject to hydrolysis) is 1. The number of nitrogens with one attached hydrogen (secondary N) is 2. The lowest BCUT2D eigenvalue weighted by Gasteiger charge is -2.37. The molecule has 1 aromatic carbocycles. The van der Waals surface area contributed by atoms with Gasteiger partial charge in [-0.15, -0.1) is 0 Å². The van der Waals surface area contributed by atoms with Gasteiger partial charge in [0, 0.05) is 37.7 Å². The molecule has 1 unspecified atom stereocenters. The fourth-order valence-corrected chi connectivity index (χ4v) is 7.58. The number of fused-ring (bicyclic) bond motifs is 1. The summed E-state index contributed by atoms with van der Waals surface area (Å²) < 4.78 is 31.6. The van der Waals surface area contributed by atoms with Crippen molar-refractivity contribution in [2.75, 3.05) is 19.6 Å². The Kier molecular flexibility index (Phi) is 8.69. The molecule has 14 heteroatoms. The number of carbonyl (C=O) groups is 3. The average Bonchev–Trinajstić information content (AvgIpc) is 3.57. The van der Waals surface area contributed by atoms with Crippen LogP contribution in [0.4, 0.5) is 4.79 Å². The second kappa shape index (κ2) is 11.5. The summed E-state index contributed by atoms with van der Waals surface area (Å²) in [6.07, 6.45) is -0.168. The highest BCUT2D eigenvalue weighted by Gasteiger charge is 2.62. The first-order valence-electron chi connectivity index (χ1n) is 13.7. The summed E-state index contributed by atoms with van der Waals surface area (Å²) in [5.41, 5.74) is 0.310. The molecule has 230 valence electrons. The smallest absolute Gasteiger partial charge is 0.407 e. The quantitative estimate of drug-likeness (QED) is 0.364. The Balaban J connectivity index is 1.41. The molecule has 1 aliphatic carbocycles. The van der Waals surface area contributed by atoms with E-state index < -0.39 is 48.9 Å². The van der Waals surface area contributed by atoms with Gasteiger partial charge in [0.1, 0.15) is 11.3 Å². The van der Waals surface area contributed by atoms with Gasteiger partial charge in [-0.05, 0) is 65.2 Å². The molecule has 1 saturated carbocycles. The average molecular weight is 624 g/mol. The number of aliphatic hydroxyl groups excluding tert-OH is 1. The van der Waals surface area contributed by atoms with E-state index in [-0.39, 0.29) is 44.2 Å². The summed E-state index contributed by atoms with van der Waals surface area (Å²) in [6, 6.07) is 7.04. The molecule has 4 rings (SSSR count). The van der Waals surface area contributed by atoms with Crippen molar-refractivity contribution in [3.8, 4) is 0 Å². The molecule has 42 heavy (non-hydrogen) atoms. The molecule has 3 N–H and O–H groups in total. The molecule has 0 radical (unpaired) electrons. The van der Waals surface area contributed by atoms with Crippen LogP contribution in [0, 0.1) is 0 Å². The number of rotatable bonds is 10. The van der Waals surface area contributed by atoms with Gasteiger partial charge in [0.2, 0.25) is 0 Å². The minimum absolute atomic E-state index is 0.0485. The maximum atomic E-state index is 13.9. The van der Waals surface area contributed by atoms with E-state index in [0.29, 0.717) is 17.9 Å². The molecule has 1 aliphatic heterocycles. The topological polar surface area (TPSA) is 160 Å². The van der Waals surface area contributed by atoms with Gasteiger partial charge < -0.3 is 29.9 Å². The van der Waals surface area contributed by atoms with E-state index in [1.807, 2.05) is 0 Å². The van der Waals surface area contributed by atoms with Crippen molar-refractivity contribution in [3.63, 3.8) is 0 Å². The van der Waals surface area contributed by atoms with Gasteiger partial charge in [0.25, 0.3) is 11.8 Å². The highest BCUT2D eigenvalue weighted by atomic mass is 35.5. The number of aromatic nitrogens is 2. The first-order chi connectivity index (χ1) is 19.5. The van der Waals surface area contributed by atoms with Gasteiger partial charge >= 0.3 is 6.09 Å². The van der Waals surface area contributed by atoms with E-state index in [0.717, 1.165) is 5.56 Å². The van der Waals surface area contributed by atoms with E-state index in [2.05, 4.69) is 15.6 Å². The predicted molar refractivity (Wildman–Crippen MR) is 156 cm³/mol. The van der Waals surface area contributed by atoms with Crippen molar-refractivity contribution in [1.82, 2.24) is 25.1 Å². The van der Waals surface area contributed by atoms with Crippen molar-refractivity contribution in [2.45, 2.75) is 81.7 Å². The third-order valence-electron chi connectivity index (χ3n) is 7.72. The summed E-state index contributed by atoms with van der Waals surface area (Å²) in [6.45, 7) is 8.29. The lowest BCUT2D eigenvalue weighted by molar-refractivity contribution is 0.0475. The molecule has 3 amide bonds. The van der Waals surface area contributed by atoms with Crippen LogP contribution in [0.1, 0.15) is 74.1 Å². The summed E-state index contributed by atoms with van der Waals surface area (Å²) in [5.74, 6) is -0.756. The highest BCUT2D eigenvalue weighted by Crippen LogP contribution is 2.50. The van der Waals surface area contributed by atoms with E-state index in [4.69, 9.17) is 16.3 Å². The van der Waals surface area contributed by atoms with Crippen LogP contribution in [-0.4, -0.2) is 86.7 Å². The number of hydrogen-bond acceptors (Lipinski definition) is 8. The number of ether oxygens (including phenoxy) is 1. The zero-order chi connectivity index (χ0) is 31.1. The highest BCUT2D eigenvalue weighted by molar-refractivity contribution is 7.94. The van der Waals surface area contributed by atoms with Crippen molar-refractivity contribution < 1.29 is 32.6 Å². The molecule has 1 fully saturated rings. The van der Waals surface area contributed by atoms with E-state index in [1.165, 1.54) is 24.9 Å². The van der Waals surface area contributed by atoms with Gasteiger partial charge in [-0.1, -0.05) is 23.7 Å². The molecular weight excluding hydrogens is 586 g/mol. The number of nitrogens with zero attached hydrogens (tertiary/aromatic N) is 3. The number of imidazole rings is 1. The normalized spacial score (nSPS) is 17.3. The third kappa shape index (κ3) is 6.42. The Hall–Kier alpha value is -3.16. The second-order valence-electron chi connectivity index (χ2n) is 12.3. The number of amides is 3. The Bertz CT molecular complexity index is 1460. The van der Waals surface area contributed by atoms with Gasteiger partial charge in [0.05, 0.1) is 21.8 Å². The van der Waals surface area contributed by atoms with Gasteiger partial charge in [0.15, 0.2) is 15.7 Å². The van der Waals surface area contributed by atoms with Crippen molar-refractivity contribution >= 4 is 39.3 Å². The van der Waals surface area contributed by atoms with Crippen LogP contribution in [0.2, 0.25) is 5.02 Å². The second-order valence-corrected chi connectivity index (χ2v) is 15.7. The fourth-order valence-electron chi connectivity index (χ4n) is 4.93. The predicted octanol–water partition coefficient (Wildman–Crippen LogP) is 2.53. The van der Waals surface area contributed by atoms with Crippen LogP contribution >= 0.6 is 11.6 Å². The van der Waals surface area contributed by atoms with Crippen molar-refractivity contribution in [3.05, 3.63) is 52.6 Å². The van der Waals surface area contributed by atoms with Gasteiger partial charge in [-0.25, -0.2) is 18.2 Å². The molecular formula is C28H38ClN5O7S. The van der Waals surface area contributed by atoms with Crippen LogP contribution in [0.15, 0.2) is 30.5 Å². The molecule has 2 aromatic rings. The monoisotopic (exact) mass is 623 g/mol. The van der Waals surface area contributed by atoms with Gasteiger partial charge in [-0.3, -0.25) is 9.59 Å².